The fourth-order valence-electron chi connectivity index (χ4n) is 0.175. The number of hydrogen-bond acceptors (Lipinski definition) is 5. The molecule has 0 spiro atoms. The van der Waals surface area contributed by atoms with Crippen molar-refractivity contribution < 1.29 is 14.9 Å². The number of amides is 2. The third-order valence-electron chi connectivity index (χ3n) is 0.359. The molecular weight excluding hydrogens is 148 g/mol. The van der Waals surface area contributed by atoms with E-state index in [0.717, 1.165) is 5.43 Å². The molecule has 0 fully saturated rings. The van der Waals surface area contributed by atoms with Crippen LogP contribution in [0.2, 0.25) is 0 Å². The minimum absolute atomic E-state index is 0.949. The minimum atomic E-state index is -1.62. The van der Waals surface area contributed by atoms with E-state index in [9.17, 15) is 25.0 Å². The Morgan fingerprint density at radius 2 is 1.90 bits per heavy atom. The van der Waals surface area contributed by atoms with Gasteiger partial charge in [-0.1, -0.05) is 5.43 Å². The first-order valence-corrected chi connectivity index (χ1v) is 1.83. The first-order chi connectivity index (χ1) is 4.52. The molecule has 0 aromatic carbocycles. The maximum atomic E-state index is 9.90. The first kappa shape index (κ1) is 8.07. The van der Waals surface area contributed by atoms with Crippen LogP contribution in [0.4, 0.5) is 4.79 Å². The van der Waals surface area contributed by atoms with Crippen LogP contribution in [0.15, 0.2) is 0 Å². The van der Waals surface area contributed by atoms with E-state index in [1.54, 1.807) is 0 Å². The van der Waals surface area contributed by atoms with Crippen LogP contribution in [0.1, 0.15) is 0 Å². The fourth-order valence-corrected chi connectivity index (χ4v) is 0.175. The molecule has 0 unspecified atom stereocenters. The number of urea groups is 1. The van der Waals surface area contributed by atoms with Crippen LogP contribution in [0.25, 0.3) is 5.43 Å². The van der Waals surface area contributed by atoms with Gasteiger partial charge < -0.3 is 0 Å². The topological polar surface area (TPSA) is 129 Å². The largest absolute Gasteiger partial charge is 0.288 e. The van der Waals surface area contributed by atoms with Crippen LogP contribution >= 0.6 is 0 Å². The summed E-state index contributed by atoms with van der Waals surface area (Å²) in [4.78, 5) is 28.6. The van der Waals surface area contributed by atoms with Gasteiger partial charge in [0.15, 0.2) is 0 Å². The van der Waals surface area contributed by atoms with Crippen LogP contribution in [-0.2, 0) is 0 Å². The molecule has 0 aromatic rings. The van der Waals surface area contributed by atoms with Gasteiger partial charge >= 0.3 is 0 Å². The Kier molecular flexibility index (Phi) is 2.56. The van der Waals surface area contributed by atoms with Crippen molar-refractivity contribution in [1.82, 2.24) is 5.43 Å². The van der Waals surface area contributed by atoms with Crippen molar-refractivity contribution in [3.63, 3.8) is 0 Å². The molecule has 0 aliphatic heterocycles. The average Bonchev–Trinajstić information content (AvgIpc) is 1.58. The Balaban J connectivity index is 3.65. The SMILES string of the molecule is O=C([N-][N+](=O)[O-])N[N+](=O)[O-]. The summed E-state index contributed by atoms with van der Waals surface area (Å²) >= 11 is 0. The van der Waals surface area contributed by atoms with E-state index < -0.39 is 16.1 Å². The van der Waals surface area contributed by atoms with E-state index in [1.807, 2.05) is 5.43 Å². The molecule has 0 aromatic heterocycles. The van der Waals surface area contributed by atoms with Gasteiger partial charge in [-0.3, -0.25) is 25.0 Å². The number of rotatable bonds is 2. The second kappa shape index (κ2) is 3.17. The van der Waals surface area contributed by atoms with Crippen molar-refractivity contribution in [1.29, 1.82) is 0 Å². The van der Waals surface area contributed by atoms with Gasteiger partial charge in [0, 0.05) is 0 Å². The van der Waals surface area contributed by atoms with Crippen molar-refractivity contribution >= 4 is 6.03 Å². The maximum Gasteiger partial charge on any atom is 0.270 e. The van der Waals surface area contributed by atoms with Gasteiger partial charge in [0.05, 0.1) is 10.1 Å². The molecule has 0 heterocycles. The Hall–Kier alpha value is -1.93. The Morgan fingerprint density at radius 3 is 2.20 bits per heavy atom. The normalized spacial score (nSPS) is 8.00. The van der Waals surface area contributed by atoms with Crippen molar-refractivity contribution in [3.05, 3.63) is 25.7 Å². The van der Waals surface area contributed by atoms with Crippen LogP contribution < -0.4 is 5.43 Å². The molecule has 10 heavy (non-hydrogen) atoms. The van der Waals surface area contributed by atoms with Crippen LogP contribution in [0.5, 0.6) is 0 Å². The van der Waals surface area contributed by atoms with Gasteiger partial charge in [-0.05, 0) is 0 Å². The predicted molar refractivity (Wildman–Crippen MR) is 25.9 cm³/mol. The van der Waals surface area contributed by atoms with Crippen LogP contribution in [0.3, 0.4) is 0 Å². The highest BCUT2D eigenvalue weighted by Crippen LogP contribution is 1.85. The monoisotopic (exact) mass is 149 g/mol. The highest BCUT2D eigenvalue weighted by molar-refractivity contribution is 5.83. The molecule has 0 bridgehead atoms. The standard InChI is InChI=1S/CH2N4O5/c6-1(2-4(7)8)3-5(9)10/h(H2,2,3,6)/p-1. The third kappa shape index (κ3) is 4.23. The Labute approximate surface area is 53.2 Å². The summed E-state index contributed by atoms with van der Waals surface area (Å²) in [6.07, 6.45) is 0. The van der Waals surface area contributed by atoms with E-state index >= 15 is 0 Å². The summed E-state index contributed by atoms with van der Waals surface area (Å²) in [6.45, 7) is 0. The molecule has 0 saturated carbocycles. The number of hydrogen-bond donors (Lipinski definition) is 1. The molecular formula is CHN4O5-. The zero-order chi connectivity index (χ0) is 8.15. The van der Waals surface area contributed by atoms with Gasteiger partial charge in [0.25, 0.3) is 6.03 Å². The van der Waals surface area contributed by atoms with E-state index in [2.05, 4.69) is 0 Å². The lowest BCUT2D eigenvalue weighted by atomic mass is 11.1. The first-order valence-electron chi connectivity index (χ1n) is 1.83. The lowest BCUT2D eigenvalue weighted by Gasteiger charge is -1.98. The molecule has 2 amide bonds. The molecule has 0 aliphatic carbocycles. The zero-order valence-corrected chi connectivity index (χ0v) is 4.38. The van der Waals surface area contributed by atoms with Crippen molar-refractivity contribution in [2.24, 2.45) is 0 Å². The molecule has 1 N–H and O–H groups in total. The molecule has 0 atom stereocenters. The summed E-state index contributed by atoms with van der Waals surface area (Å²) < 4.78 is 0. The lowest BCUT2D eigenvalue weighted by molar-refractivity contribution is -0.529. The second-order valence-corrected chi connectivity index (χ2v) is 1.01. The molecule has 0 radical (unpaired) electrons. The van der Waals surface area contributed by atoms with Gasteiger partial charge in [-0.2, -0.15) is 5.43 Å². The van der Waals surface area contributed by atoms with Gasteiger partial charge in [-0.15, -0.1) is 0 Å². The average molecular weight is 149 g/mol. The predicted octanol–water partition coefficient (Wildman–Crippen LogP) is -0.547. The van der Waals surface area contributed by atoms with Crippen molar-refractivity contribution in [3.8, 4) is 0 Å². The second-order valence-electron chi connectivity index (χ2n) is 1.01. The number of carbonyl (C=O) groups is 1. The smallest absolute Gasteiger partial charge is 0.270 e. The number of nitrogens with zero attached hydrogens (tertiary/aromatic N) is 3. The van der Waals surface area contributed by atoms with Crippen LogP contribution in [0, 0.1) is 20.2 Å². The highest BCUT2D eigenvalue weighted by atomic mass is 16.7. The van der Waals surface area contributed by atoms with Crippen LogP contribution in [-0.4, -0.2) is 16.1 Å². The number of hydrazine groups is 1. The van der Waals surface area contributed by atoms with E-state index in [0.29, 0.717) is 0 Å². The molecule has 9 nitrogen and oxygen atoms in total. The lowest BCUT2D eigenvalue weighted by Crippen LogP contribution is -2.28. The Morgan fingerprint density at radius 1 is 1.40 bits per heavy atom. The molecule has 0 aliphatic rings. The van der Waals surface area contributed by atoms with E-state index in [1.165, 1.54) is 0 Å². The van der Waals surface area contributed by atoms with Gasteiger partial charge in [-0.25, -0.2) is 0 Å². The fraction of sp³-hybridized carbons (Fsp3) is 0. The van der Waals surface area contributed by atoms with E-state index in [-0.39, 0.29) is 0 Å². The van der Waals surface area contributed by atoms with Crippen molar-refractivity contribution in [2.45, 2.75) is 0 Å². The molecule has 9 heteroatoms. The third-order valence-corrected chi connectivity index (χ3v) is 0.359. The van der Waals surface area contributed by atoms with Gasteiger partial charge in [0.1, 0.15) is 0 Å². The number of nitrogens with one attached hydrogen (secondary N) is 1. The summed E-state index contributed by atoms with van der Waals surface area (Å²) in [5, 5.41) is 16.2. The highest BCUT2D eigenvalue weighted by Gasteiger charge is 2.00. The Bertz CT molecular complexity index is 156. The summed E-state index contributed by atoms with van der Waals surface area (Å²) in [7, 11) is 0. The number of carbonyl (C=O) groups excluding carboxylic acids is 1. The number of nitro groups is 2. The minimum Gasteiger partial charge on any atom is -0.288 e. The molecule has 0 saturated heterocycles. The molecule has 0 rings (SSSR count). The van der Waals surface area contributed by atoms with E-state index in [4.69, 9.17) is 0 Å². The zero-order valence-electron chi connectivity index (χ0n) is 4.38. The maximum absolute atomic E-state index is 9.90. The van der Waals surface area contributed by atoms with Gasteiger partial charge in [0.2, 0.25) is 0 Å². The molecule has 56 valence electrons. The summed E-state index contributed by atoms with van der Waals surface area (Å²) in [5.74, 6) is 0. The summed E-state index contributed by atoms with van der Waals surface area (Å²) in [6, 6.07) is -1.62. The van der Waals surface area contributed by atoms with Crippen molar-refractivity contribution in [2.75, 3.05) is 0 Å². The quantitative estimate of drug-likeness (QED) is 0.415. The summed E-state index contributed by atoms with van der Waals surface area (Å²) in [5.41, 5.74) is 3.00.